The summed E-state index contributed by atoms with van der Waals surface area (Å²) >= 11 is 0.881. The van der Waals surface area contributed by atoms with Gasteiger partial charge in [-0.3, -0.25) is 4.79 Å². The minimum absolute atomic E-state index is 0.564. The number of anilines is 1. The molecule has 0 heterocycles. The Bertz CT molecular complexity index is 629. The van der Waals surface area contributed by atoms with E-state index in [9.17, 15) is 4.79 Å². The van der Waals surface area contributed by atoms with Crippen molar-refractivity contribution in [3.63, 3.8) is 0 Å². The van der Waals surface area contributed by atoms with Crippen LogP contribution in [0.4, 0.5) is 5.69 Å². The summed E-state index contributed by atoms with van der Waals surface area (Å²) in [6, 6.07) is 13.3. The molecular weight excluding hydrogens is 310 g/mol. The van der Waals surface area contributed by atoms with Crippen LogP contribution in [-0.4, -0.2) is 12.8 Å². The van der Waals surface area contributed by atoms with E-state index in [4.69, 9.17) is 8.37 Å². The molecule has 0 atom stereocenters. The molecule has 0 unspecified atom stereocenters. The molecule has 0 aliphatic carbocycles. The molecule has 0 fully saturated rings. The van der Waals surface area contributed by atoms with Crippen molar-refractivity contribution in [2.24, 2.45) is 0 Å². The van der Waals surface area contributed by atoms with Gasteiger partial charge in [0.1, 0.15) is 11.5 Å². The zero-order valence-corrected chi connectivity index (χ0v) is 14.2. The van der Waals surface area contributed by atoms with Gasteiger partial charge in [-0.25, -0.2) is 0 Å². The second-order valence-corrected chi connectivity index (χ2v) is 5.50. The van der Waals surface area contributed by atoms with Crippen LogP contribution in [-0.2, 0) is 6.42 Å². The zero-order chi connectivity index (χ0) is 16.5. The Kier molecular flexibility index (Phi) is 6.81. The van der Waals surface area contributed by atoms with Crippen LogP contribution in [0.15, 0.2) is 42.5 Å². The van der Waals surface area contributed by atoms with E-state index in [1.807, 2.05) is 25.1 Å². The Hall–Kier alpha value is -2.14. The smallest absolute Gasteiger partial charge is 0.293 e. The van der Waals surface area contributed by atoms with Crippen molar-refractivity contribution in [3.8, 4) is 11.5 Å². The average Bonchev–Trinajstić information content (AvgIpc) is 2.58. The van der Waals surface area contributed by atoms with Crippen molar-refractivity contribution < 1.29 is 13.2 Å². The van der Waals surface area contributed by atoms with Crippen LogP contribution >= 0.6 is 12.3 Å². The van der Waals surface area contributed by atoms with Crippen LogP contribution in [0, 0.1) is 0 Å². The molecule has 5 heteroatoms. The molecule has 0 saturated carbocycles. The molecule has 4 nitrogen and oxygen atoms in total. The number of aldehydes is 1. The van der Waals surface area contributed by atoms with Crippen molar-refractivity contribution in [1.29, 1.82) is 0 Å². The van der Waals surface area contributed by atoms with Crippen molar-refractivity contribution >= 4 is 24.3 Å². The maximum atomic E-state index is 11.1. The molecule has 122 valence electrons. The standard InChI is InChI=1S/C18H21NO3S/c1-3-5-14-6-8-16(9-7-14)21-23-22-17-10-11-18(19-4-2)15(12-17)13-20/h6-13,19H,3-5H2,1-2H3. The third-order valence-corrected chi connectivity index (χ3v) is 3.76. The SMILES string of the molecule is CCCc1ccc(OSOc2ccc(NCC)c(C=O)c2)cc1. The number of benzene rings is 2. The van der Waals surface area contributed by atoms with Crippen LogP contribution in [0.25, 0.3) is 0 Å². The third kappa shape index (κ3) is 5.21. The number of rotatable bonds is 9. The predicted molar refractivity (Wildman–Crippen MR) is 95.3 cm³/mol. The van der Waals surface area contributed by atoms with Gasteiger partial charge < -0.3 is 13.7 Å². The van der Waals surface area contributed by atoms with Gasteiger partial charge in [0, 0.05) is 17.8 Å². The second-order valence-electron chi connectivity index (χ2n) is 5.03. The van der Waals surface area contributed by atoms with Crippen molar-refractivity contribution in [2.45, 2.75) is 26.7 Å². The average molecular weight is 331 g/mol. The first-order valence-electron chi connectivity index (χ1n) is 7.70. The lowest BCUT2D eigenvalue weighted by Crippen LogP contribution is -2.00. The monoisotopic (exact) mass is 331 g/mol. The highest BCUT2D eigenvalue weighted by molar-refractivity contribution is 7.90. The van der Waals surface area contributed by atoms with E-state index >= 15 is 0 Å². The number of hydrogen-bond acceptors (Lipinski definition) is 5. The third-order valence-electron chi connectivity index (χ3n) is 3.24. The summed E-state index contributed by atoms with van der Waals surface area (Å²) in [6.45, 7) is 4.89. The van der Waals surface area contributed by atoms with Crippen LogP contribution < -0.4 is 13.7 Å². The summed E-state index contributed by atoms with van der Waals surface area (Å²) in [5.41, 5.74) is 2.65. The molecule has 0 spiro atoms. The number of nitrogens with one attached hydrogen (secondary N) is 1. The highest BCUT2D eigenvalue weighted by atomic mass is 32.2. The van der Waals surface area contributed by atoms with E-state index in [1.165, 1.54) is 5.56 Å². The van der Waals surface area contributed by atoms with Gasteiger partial charge in [-0.05, 0) is 49.2 Å². The number of aryl methyl sites for hydroxylation is 1. The van der Waals surface area contributed by atoms with Gasteiger partial charge in [-0.2, -0.15) is 0 Å². The minimum atomic E-state index is 0.564. The van der Waals surface area contributed by atoms with Gasteiger partial charge in [-0.15, -0.1) is 0 Å². The van der Waals surface area contributed by atoms with Crippen LogP contribution in [0.1, 0.15) is 36.2 Å². The molecule has 0 aliphatic rings. The molecule has 2 aromatic carbocycles. The predicted octanol–water partition coefficient (Wildman–Crippen LogP) is 4.90. The lowest BCUT2D eigenvalue weighted by molar-refractivity contribution is 0.112. The summed E-state index contributed by atoms with van der Waals surface area (Å²) in [7, 11) is 0. The first kappa shape index (κ1) is 17.2. The summed E-state index contributed by atoms with van der Waals surface area (Å²) in [6.07, 6.45) is 3.00. The van der Waals surface area contributed by atoms with Gasteiger partial charge in [0.15, 0.2) is 6.29 Å². The van der Waals surface area contributed by atoms with Gasteiger partial charge >= 0.3 is 0 Å². The van der Waals surface area contributed by atoms with Crippen LogP contribution in [0.5, 0.6) is 11.5 Å². The van der Waals surface area contributed by atoms with Crippen molar-refractivity contribution in [2.75, 3.05) is 11.9 Å². The van der Waals surface area contributed by atoms with Gasteiger partial charge in [0.2, 0.25) is 0 Å². The second kappa shape index (κ2) is 9.10. The van der Waals surface area contributed by atoms with E-state index in [2.05, 4.69) is 24.4 Å². The first-order valence-corrected chi connectivity index (χ1v) is 8.36. The summed E-state index contributed by atoms with van der Waals surface area (Å²) in [5.74, 6) is 1.30. The topological polar surface area (TPSA) is 47.6 Å². The Balaban J connectivity index is 1.89. The van der Waals surface area contributed by atoms with E-state index in [1.54, 1.807) is 12.1 Å². The summed E-state index contributed by atoms with van der Waals surface area (Å²) < 4.78 is 11.0. The normalized spacial score (nSPS) is 10.2. The molecular formula is C18H21NO3S. The van der Waals surface area contributed by atoms with Gasteiger partial charge in [0.25, 0.3) is 12.3 Å². The fourth-order valence-electron chi connectivity index (χ4n) is 2.14. The molecule has 23 heavy (non-hydrogen) atoms. The largest absolute Gasteiger partial charge is 0.391 e. The molecule has 0 saturated heterocycles. The van der Waals surface area contributed by atoms with Gasteiger partial charge in [-0.1, -0.05) is 25.5 Å². The summed E-state index contributed by atoms with van der Waals surface area (Å²) in [4.78, 5) is 11.1. The quantitative estimate of drug-likeness (QED) is 0.523. The Morgan fingerprint density at radius 3 is 2.39 bits per heavy atom. The van der Waals surface area contributed by atoms with E-state index < -0.39 is 0 Å². The Morgan fingerprint density at radius 1 is 1.04 bits per heavy atom. The highest BCUT2D eigenvalue weighted by Gasteiger charge is 2.05. The van der Waals surface area contributed by atoms with E-state index in [-0.39, 0.29) is 0 Å². The molecule has 0 bridgehead atoms. The Labute approximate surface area is 141 Å². The number of carbonyl (C=O) groups is 1. The first-order chi connectivity index (χ1) is 11.3. The molecule has 0 amide bonds. The number of carbonyl (C=O) groups excluding carboxylic acids is 1. The zero-order valence-electron chi connectivity index (χ0n) is 13.4. The van der Waals surface area contributed by atoms with Gasteiger partial charge in [0.05, 0.1) is 0 Å². The van der Waals surface area contributed by atoms with E-state index in [0.717, 1.165) is 49.4 Å². The molecule has 0 radical (unpaired) electrons. The lowest BCUT2D eigenvalue weighted by atomic mass is 10.1. The fourth-order valence-corrected chi connectivity index (χ4v) is 2.54. The van der Waals surface area contributed by atoms with E-state index in [0.29, 0.717) is 11.3 Å². The molecule has 1 N–H and O–H groups in total. The van der Waals surface area contributed by atoms with Crippen LogP contribution in [0.2, 0.25) is 0 Å². The number of hydrogen-bond donors (Lipinski definition) is 1. The highest BCUT2D eigenvalue weighted by Crippen LogP contribution is 2.25. The maximum absolute atomic E-state index is 11.1. The Morgan fingerprint density at radius 2 is 1.74 bits per heavy atom. The molecule has 2 rings (SSSR count). The van der Waals surface area contributed by atoms with Crippen molar-refractivity contribution in [3.05, 3.63) is 53.6 Å². The molecule has 2 aromatic rings. The minimum Gasteiger partial charge on any atom is -0.391 e. The molecule has 0 aromatic heterocycles. The lowest BCUT2D eigenvalue weighted by Gasteiger charge is -2.09. The summed E-state index contributed by atoms with van der Waals surface area (Å²) in [5, 5.41) is 3.13. The maximum Gasteiger partial charge on any atom is 0.293 e. The van der Waals surface area contributed by atoms with Crippen molar-refractivity contribution in [1.82, 2.24) is 0 Å². The van der Waals surface area contributed by atoms with Crippen LogP contribution in [0.3, 0.4) is 0 Å². The molecule has 0 aliphatic heterocycles. The fraction of sp³-hybridized carbons (Fsp3) is 0.278.